The van der Waals surface area contributed by atoms with E-state index in [2.05, 4.69) is 56.4 Å². The maximum absolute atomic E-state index is 12.4. The maximum Gasteiger partial charge on any atom is 0.225 e. The van der Waals surface area contributed by atoms with E-state index in [1.54, 1.807) is 11.3 Å². The number of nitriles is 1. The topological polar surface area (TPSA) is 52.9 Å². The Morgan fingerprint density at radius 1 is 1.35 bits per heavy atom. The van der Waals surface area contributed by atoms with Crippen molar-refractivity contribution in [2.24, 2.45) is 5.92 Å². The van der Waals surface area contributed by atoms with Crippen LogP contribution in [0.5, 0.6) is 0 Å². The molecule has 3 nitrogen and oxygen atoms in total. The lowest BCUT2D eigenvalue weighted by atomic mass is 9.88. The number of carbonyl (C=O) groups is 1. The third-order valence-corrected chi connectivity index (χ3v) is 6.33. The molecule has 0 aliphatic heterocycles. The first kappa shape index (κ1) is 18.7. The van der Waals surface area contributed by atoms with Crippen molar-refractivity contribution < 1.29 is 4.79 Å². The molecule has 0 bridgehead atoms. The van der Waals surface area contributed by atoms with Gasteiger partial charge in [-0.2, -0.15) is 5.26 Å². The summed E-state index contributed by atoms with van der Waals surface area (Å²) < 4.78 is 0. The van der Waals surface area contributed by atoms with Crippen LogP contribution in [-0.4, -0.2) is 5.91 Å². The molecule has 1 aromatic heterocycles. The summed E-state index contributed by atoms with van der Waals surface area (Å²) in [6, 6.07) is 10.8. The maximum atomic E-state index is 12.4. The molecule has 1 aliphatic carbocycles. The quantitative estimate of drug-likeness (QED) is 0.766. The number of nitrogens with zero attached hydrogens (tertiary/aromatic N) is 1. The van der Waals surface area contributed by atoms with Crippen LogP contribution in [0.3, 0.4) is 0 Å². The zero-order valence-electron chi connectivity index (χ0n) is 15.8. The number of benzene rings is 1. The zero-order chi connectivity index (χ0) is 18.7. The average Bonchev–Trinajstić information content (AvgIpc) is 2.96. The molecular weight excluding hydrogens is 340 g/mol. The van der Waals surface area contributed by atoms with Gasteiger partial charge in [0.1, 0.15) is 11.1 Å². The summed E-state index contributed by atoms with van der Waals surface area (Å²) in [4.78, 5) is 13.7. The number of fused-ring (bicyclic) bond motifs is 1. The third-order valence-electron chi connectivity index (χ3n) is 5.16. The summed E-state index contributed by atoms with van der Waals surface area (Å²) in [5.41, 5.74) is 4.33. The molecule has 4 heteroatoms. The lowest BCUT2D eigenvalue weighted by Gasteiger charge is -2.17. The first-order valence-corrected chi connectivity index (χ1v) is 10.2. The Morgan fingerprint density at radius 3 is 2.73 bits per heavy atom. The number of anilines is 1. The number of aryl methyl sites for hydroxylation is 1. The van der Waals surface area contributed by atoms with Crippen LogP contribution in [-0.2, 0) is 24.1 Å². The fourth-order valence-electron chi connectivity index (χ4n) is 3.47. The van der Waals surface area contributed by atoms with Crippen LogP contribution in [0, 0.1) is 17.2 Å². The molecule has 0 spiro atoms. The number of amides is 1. The number of rotatable bonds is 5. The van der Waals surface area contributed by atoms with E-state index < -0.39 is 0 Å². The summed E-state index contributed by atoms with van der Waals surface area (Å²) in [6.45, 7) is 6.60. The molecule has 1 N–H and O–H groups in total. The van der Waals surface area contributed by atoms with Gasteiger partial charge in [0.25, 0.3) is 0 Å². The Hall–Kier alpha value is -2.12. The molecule has 1 amide bonds. The predicted molar refractivity (Wildman–Crippen MR) is 108 cm³/mol. The van der Waals surface area contributed by atoms with Crippen molar-refractivity contribution in [3.05, 3.63) is 51.4 Å². The van der Waals surface area contributed by atoms with Gasteiger partial charge in [0.15, 0.2) is 0 Å². The number of nitrogens with one attached hydrogen (secondary N) is 1. The first-order valence-electron chi connectivity index (χ1n) is 9.41. The van der Waals surface area contributed by atoms with E-state index in [9.17, 15) is 10.1 Å². The summed E-state index contributed by atoms with van der Waals surface area (Å²) in [7, 11) is 0. The van der Waals surface area contributed by atoms with Gasteiger partial charge in [-0.15, -0.1) is 11.3 Å². The Morgan fingerprint density at radius 2 is 2.08 bits per heavy atom. The highest BCUT2D eigenvalue weighted by Gasteiger charge is 2.24. The minimum Gasteiger partial charge on any atom is -0.317 e. The fourth-order valence-corrected chi connectivity index (χ4v) is 4.85. The lowest BCUT2D eigenvalue weighted by molar-refractivity contribution is -0.116. The minimum atomic E-state index is -0.0129. The van der Waals surface area contributed by atoms with Crippen LogP contribution < -0.4 is 5.32 Å². The van der Waals surface area contributed by atoms with Crippen LogP contribution >= 0.6 is 11.3 Å². The zero-order valence-corrected chi connectivity index (χ0v) is 16.6. The summed E-state index contributed by atoms with van der Waals surface area (Å²) >= 11 is 1.59. The van der Waals surface area contributed by atoms with Gasteiger partial charge in [0.2, 0.25) is 5.91 Å². The molecule has 0 saturated carbocycles. The molecule has 3 rings (SSSR count). The Kier molecular flexibility index (Phi) is 5.78. The van der Waals surface area contributed by atoms with E-state index in [-0.39, 0.29) is 5.91 Å². The van der Waals surface area contributed by atoms with E-state index in [1.807, 2.05) is 0 Å². The van der Waals surface area contributed by atoms with Gasteiger partial charge in [-0.1, -0.05) is 45.0 Å². The van der Waals surface area contributed by atoms with Gasteiger partial charge in [-0.05, 0) is 54.2 Å². The van der Waals surface area contributed by atoms with Crippen LogP contribution in [0.2, 0.25) is 0 Å². The summed E-state index contributed by atoms with van der Waals surface area (Å²) in [5, 5.41) is 13.3. The minimum absolute atomic E-state index is 0.0129. The fraction of sp³-hybridized carbons (Fsp3) is 0.455. The Bertz CT molecular complexity index is 827. The Balaban J connectivity index is 1.62. The normalized spacial score (nSPS) is 16.2. The van der Waals surface area contributed by atoms with Gasteiger partial charge >= 0.3 is 0 Å². The van der Waals surface area contributed by atoms with E-state index in [1.165, 1.54) is 16.0 Å². The van der Waals surface area contributed by atoms with Crippen molar-refractivity contribution in [1.29, 1.82) is 5.26 Å². The number of carbonyl (C=O) groups excluding carboxylic acids is 1. The van der Waals surface area contributed by atoms with Crippen molar-refractivity contribution in [1.82, 2.24) is 0 Å². The van der Waals surface area contributed by atoms with Crippen molar-refractivity contribution in [2.75, 3.05) is 5.32 Å². The van der Waals surface area contributed by atoms with Crippen molar-refractivity contribution in [2.45, 2.75) is 58.8 Å². The van der Waals surface area contributed by atoms with Crippen molar-refractivity contribution in [3.63, 3.8) is 0 Å². The molecule has 2 aromatic rings. The summed E-state index contributed by atoms with van der Waals surface area (Å²) in [5.74, 6) is 1.16. The van der Waals surface area contributed by atoms with E-state index >= 15 is 0 Å². The second-order valence-corrected chi connectivity index (χ2v) is 8.72. The van der Waals surface area contributed by atoms with Gasteiger partial charge in [0.05, 0.1) is 5.56 Å². The molecule has 1 atom stereocenters. The first-order chi connectivity index (χ1) is 12.5. The molecule has 1 unspecified atom stereocenters. The smallest absolute Gasteiger partial charge is 0.225 e. The van der Waals surface area contributed by atoms with Crippen LogP contribution in [0.15, 0.2) is 24.3 Å². The largest absolute Gasteiger partial charge is 0.317 e. The van der Waals surface area contributed by atoms with Gasteiger partial charge in [-0.25, -0.2) is 0 Å². The van der Waals surface area contributed by atoms with E-state index in [4.69, 9.17) is 0 Å². The van der Waals surface area contributed by atoms with Gasteiger partial charge < -0.3 is 5.32 Å². The second kappa shape index (κ2) is 8.05. The molecule has 1 aromatic carbocycles. The number of thiophene rings is 1. The molecular formula is C22H26N2OS. The monoisotopic (exact) mass is 366 g/mol. The molecule has 26 heavy (non-hydrogen) atoms. The SMILES string of the molecule is CC1CCc2c(sc(NC(=O)CCc3ccc(C(C)C)cc3)c2C#N)C1. The van der Waals surface area contributed by atoms with E-state index in [0.29, 0.717) is 30.2 Å². The average molecular weight is 367 g/mol. The molecule has 0 radical (unpaired) electrons. The third kappa shape index (κ3) is 4.16. The van der Waals surface area contributed by atoms with Gasteiger partial charge in [0, 0.05) is 11.3 Å². The Labute approximate surface area is 160 Å². The molecule has 0 fully saturated rings. The lowest BCUT2D eigenvalue weighted by Crippen LogP contribution is -2.12. The van der Waals surface area contributed by atoms with Crippen LogP contribution in [0.1, 0.15) is 66.7 Å². The number of hydrogen-bond acceptors (Lipinski definition) is 3. The van der Waals surface area contributed by atoms with Crippen LogP contribution in [0.4, 0.5) is 5.00 Å². The molecule has 0 saturated heterocycles. The highest BCUT2D eigenvalue weighted by molar-refractivity contribution is 7.16. The number of hydrogen-bond donors (Lipinski definition) is 1. The van der Waals surface area contributed by atoms with Crippen molar-refractivity contribution in [3.8, 4) is 6.07 Å². The van der Waals surface area contributed by atoms with Gasteiger partial charge in [-0.3, -0.25) is 4.79 Å². The highest BCUT2D eigenvalue weighted by Crippen LogP contribution is 2.39. The molecule has 1 heterocycles. The predicted octanol–water partition coefficient (Wildman–Crippen LogP) is 5.44. The summed E-state index contributed by atoms with van der Waals surface area (Å²) in [6.07, 6.45) is 4.25. The standard InChI is InChI=1S/C22H26N2OS/c1-14(2)17-8-5-16(6-9-17)7-11-21(25)24-22-19(13-23)18-10-4-15(3)12-20(18)26-22/h5-6,8-9,14-15H,4,7,10-12H2,1-3H3,(H,24,25). The molecule has 1 aliphatic rings. The van der Waals surface area contributed by atoms with Crippen LogP contribution in [0.25, 0.3) is 0 Å². The second-order valence-electron chi connectivity index (χ2n) is 7.61. The molecule has 136 valence electrons. The van der Waals surface area contributed by atoms with E-state index in [0.717, 1.165) is 29.8 Å². The highest BCUT2D eigenvalue weighted by atomic mass is 32.1. The van der Waals surface area contributed by atoms with Crippen molar-refractivity contribution >= 4 is 22.2 Å².